The molecule has 8 aromatic rings. The quantitative estimate of drug-likeness (QED) is 0.129. The molecule has 63 heavy (non-hydrogen) atoms. The minimum atomic E-state index is -1.45. The molecule has 0 fully saturated rings. The fraction of sp³-hybridized carbons (Fsp3) is 0.143. The summed E-state index contributed by atoms with van der Waals surface area (Å²) in [5.41, 5.74) is 15.4. The molecule has 0 saturated carbocycles. The Hall–Kier alpha value is -4.74. The SMILES string of the molecule is C[Si](C)(C)c1ccc(-c2cccc3c2C=C(c2ccc(-c4ccccc4)o2)[CH]3[Zr+2][CH]2C(c3ccc(-c4ccccc4)o3)=Cc3c(-c4ccc([Si](C)(C)C)cc4)cccc32)cc1.[Cl-].[Cl-]. The number of hydrogen-bond acceptors (Lipinski definition) is 2. The average molecular weight is 973 g/mol. The molecule has 2 heterocycles. The summed E-state index contributed by atoms with van der Waals surface area (Å²) in [5.74, 6) is 3.73. The van der Waals surface area contributed by atoms with Crippen molar-refractivity contribution in [3.8, 4) is 44.9 Å². The zero-order valence-corrected chi connectivity index (χ0v) is 42.5. The summed E-state index contributed by atoms with van der Waals surface area (Å²) in [7, 11) is -2.87. The Balaban J connectivity index is 0.00000272. The van der Waals surface area contributed by atoms with Crippen molar-refractivity contribution in [2.45, 2.75) is 46.5 Å². The van der Waals surface area contributed by atoms with Crippen molar-refractivity contribution in [1.29, 1.82) is 0 Å². The predicted molar refractivity (Wildman–Crippen MR) is 259 cm³/mol. The topological polar surface area (TPSA) is 26.3 Å². The summed E-state index contributed by atoms with van der Waals surface area (Å²) in [6, 6.07) is 62.5. The van der Waals surface area contributed by atoms with Gasteiger partial charge in [-0.3, -0.25) is 0 Å². The number of allylic oxidation sites excluding steroid dienone is 2. The Morgan fingerprint density at radius 3 is 1.10 bits per heavy atom. The summed E-state index contributed by atoms with van der Waals surface area (Å²) >= 11 is -1.45. The first-order valence-corrected chi connectivity index (χ1v) is 31.3. The minimum Gasteiger partial charge on any atom is -1.00 e. The molecule has 2 aromatic heterocycles. The van der Waals surface area contributed by atoms with Gasteiger partial charge in [-0.15, -0.1) is 0 Å². The normalized spacial score (nSPS) is 15.3. The van der Waals surface area contributed by atoms with Crippen LogP contribution in [0.2, 0.25) is 39.3 Å². The van der Waals surface area contributed by atoms with E-state index in [2.05, 4.69) is 221 Å². The summed E-state index contributed by atoms with van der Waals surface area (Å²) in [4.78, 5) is 0. The van der Waals surface area contributed by atoms with E-state index in [9.17, 15) is 0 Å². The van der Waals surface area contributed by atoms with E-state index < -0.39 is 39.4 Å². The van der Waals surface area contributed by atoms with Gasteiger partial charge in [0, 0.05) is 0 Å². The molecule has 7 heteroatoms. The Labute approximate surface area is 398 Å². The molecule has 2 atom stereocenters. The molecule has 2 aliphatic rings. The van der Waals surface area contributed by atoms with E-state index in [1.807, 2.05) is 0 Å². The molecular weight excluding hydrogens is 923 g/mol. The molecule has 2 nitrogen and oxygen atoms in total. The van der Waals surface area contributed by atoms with Crippen molar-refractivity contribution >= 4 is 49.8 Å². The first kappa shape index (κ1) is 44.8. The Morgan fingerprint density at radius 1 is 0.365 bits per heavy atom. The fourth-order valence-corrected chi connectivity index (χ4v) is 16.3. The van der Waals surface area contributed by atoms with Gasteiger partial charge in [0.25, 0.3) is 0 Å². The second-order valence-electron chi connectivity index (χ2n) is 18.6. The van der Waals surface area contributed by atoms with Crippen LogP contribution in [0.1, 0.15) is 41.0 Å². The van der Waals surface area contributed by atoms with Gasteiger partial charge in [0.2, 0.25) is 0 Å². The Bertz CT molecular complexity index is 2750. The van der Waals surface area contributed by atoms with Crippen molar-refractivity contribution in [1.82, 2.24) is 0 Å². The summed E-state index contributed by atoms with van der Waals surface area (Å²) < 4.78 is 14.2. The maximum absolute atomic E-state index is 6.86. The smallest absolute Gasteiger partial charge is 1.00 e. The monoisotopic (exact) mass is 970 g/mol. The Morgan fingerprint density at radius 2 is 0.730 bits per heavy atom. The van der Waals surface area contributed by atoms with Gasteiger partial charge in [0.05, 0.1) is 0 Å². The van der Waals surface area contributed by atoms with Gasteiger partial charge in [-0.1, -0.05) is 0 Å². The van der Waals surface area contributed by atoms with Crippen LogP contribution < -0.4 is 35.2 Å². The van der Waals surface area contributed by atoms with Gasteiger partial charge in [-0.05, 0) is 0 Å². The van der Waals surface area contributed by atoms with E-state index >= 15 is 0 Å². The minimum absolute atomic E-state index is 0. The molecule has 2 unspecified atom stereocenters. The van der Waals surface area contributed by atoms with E-state index in [0.29, 0.717) is 0 Å². The summed E-state index contributed by atoms with van der Waals surface area (Å²) in [5, 5.41) is 2.96. The van der Waals surface area contributed by atoms with Crippen LogP contribution in [0.15, 0.2) is 179 Å². The number of halogens is 2. The molecule has 0 spiro atoms. The van der Waals surface area contributed by atoms with E-state index in [4.69, 9.17) is 8.83 Å². The number of rotatable bonds is 10. The molecule has 0 aliphatic heterocycles. The largest absolute Gasteiger partial charge is 1.00 e. The third-order valence-corrected chi connectivity index (χ3v) is 21.3. The standard InChI is InChI=1S/2C28H25OSi.2ClH.Zr/c2*1-30(2,3)24-14-12-20(13-15-24)25-11-7-10-22-18-23(19-26(22)25)28-17-16-27(29-28)21-8-5-4-6-9-21;;;/h2*4-19H,1-3H3;2*1H;/q;;;;+2/p-2. The van der Waals surface area contributed by atoms with Gasteiger partial charge in [-0.25, -0.2) is 0 Å². The van der Waals surface area contributed by atoms with Gasteiger partial charge < -0.3 is 24.8 Å². The van der Waals surface area contributed by atoms with Crippen molar-refractivity contribution in [3.05, 3.63) is 204 Å². The molecule has 312 valence electrons. The van der Waals surface area contributed by atoms with Crippen LogP contribution in [0.25, 0.3) is 68.2 Å². The number of hydrogen-bond donors (Lipinski definition) is 0. The zero-order chi connectivity index (χ0) is 41.9. The molecule has 0 bridgehead atoms. The van der Waals surface area contributed by atoms with Crippen LogP contribution in [0.5, 0.6) is 0 Å². The maximum atomic E-state index is 6.86. The zero-order valence-electron chi connectivity index (χ0n) is 36.5. The van der Waals surface area contributed by atoms with Crippen molar-refractivity contribution in [3.63, 3.8) is 0 Å². The van der Waals surface area contributed by atoms with Crippen LogP contribution in [0.3, 0.4) is 0 Å². The maximum Gasteiger partial charge on any atom is -1.00 e. The van der Waals surface area contributed by atoms with Gasteiger partial charge >= 0.3 is 377 Å². The fourth-order valence-electron chi connectivity index (χ4n) is 9.06. The summed E-state index contributed by atoms with van der Waals surface area (Å²) in [6.45, 7) is 14.5. The van der Waals surface area contributed by atoms with Crippen LogP contribution in [-0.4, -0.2) is 16.1 Å². The molecule has 0 radical (unpaired) electrons. The van der Waals surface area contributed by atoms with Crippen LogP contribution in [-0.2, 0) is 23.2 Å². The third-order valence-electron chi connectivity index (χ3n) is 12.5. The van der Waals surface area contributed by atoms with E-state index in [-0.39, 0.29) is 32.1 Å². The number of benzene rings is 6. The van der Waals surface area contributed by atoms with E-state index in [1.54, 1.807) is 0 Å². The van der Waals surface area contributed by atoms with Gasteiger partial charge in [0.1, 0.15) is 0 Å². The molecular formula is C56H50Cl2O2Si2Zr. The summed E-state index contributed by atoms with van der Waals surface area (Å²) in [6.07, 6.45) is 4.93. The molecule has 0 N–H and O–H groups in total. The predicted octanol–water partition coefficient (Wildman–Crippen LogP) is 8.61. The molecule has 6 aromatic carbocycles. The Kier molecular flexibility index (Phi) is 12.8. The first-order valence-electron chi connectivity index (χ1n) is 21.5. The van der Waals surface area contributed by atoms with Crippen molar-refractivity contribution in [2.24, 2.45) is 0 Å². The molecule has 0 amide bonds. The van der Waals surface area contributed by atoms with Crippen LogP contribution >= 0.6 is 0 Å². The van der Waals surface area contributed by atoms with Crippen molar-refractivity contribution < 1.29 is 56.9 Å². The van der Waals surface area contributed by atoms with Crippen LogP contribution in [0, 0.1) is 0 Å². The van der Waals surface area contributed by atoms with E-state index in [0.717, 1.165) is 34.2 Å². The number of fused-ring (bicyclic) bond motifs is 2. The number of furan rings is 2. The average Bonchev–Trinajstić information content (AvgIpc) is 4.10. The van der Waals surface area contributed by atoms with Gasteiger partial charge in [0.15, 0.2) is 0 Å². The van der Waals surface area contributed by atoms with Gasteiger partial charge in [-0.2, -0.15) is 0 Å². The van der Waals surface area contributed by atoms with Crippen molar-refractivity contribution in [2.75, 3.05) is 0 Å². The van der Waals surface area contributed by atoms with Crippen LogP contribution in [0.4, 0.5) is 0 Å². The molecule has 2 aliphatic carbocycles. The van der Waals surface area contributed by atoms with E-state index in [1.165, 1.54) is 66.0 Å². The first-order chi connectivity index (χ1) is 29.5. The second-order valence-corrected chi connectivity index (χ2v) is 32.4. The second kappa shape index (κ2) is 18.0. The molecule has 0 saturated heterocycles. The third kappa shape index (κ3) is 8.76. The molecule has 10 rings (SSSR count).